The van der Waals surface area contributed by atoms with E-state index < -0.39 is 0 Å². The van der Waals surface area contributed by atoms with Gasteiger partial charge in [-0.1, -0.05) is 24.3 Å². The Kier molecular flexibility index (Phi) is 3.17. The van der Waals surface area contributed by atoms with E-state index in [2.05, 4.69) is 29.6 Å². The SMILES string of the molecule is OCCc1cccc(C2CCNC2)c1. The van der Waals surface area contributed by atoms with Gasteiger partial charge in [0.25, 0.3) is 0 Å². The highest BCUT2D eigenvalue weighted by Gasteiger charge is 2.16. The Morgan fingerprint density at radius 3 is 3.07 bits per heavy atom. The van der Waals surface area contributed by atoms with Crippen molar-refractivity contribution in [2.45, 2.75) is 18.8 Å². The van der Waals surface area contributed by atoms with Crippen LogP contribution in [0.4, 0.5) is 0 Å². The third kappa shape index (κ3) is 2.14. The number of rotatable bonds is 3. The van der Waals surface area contributed by atoms with Crippen LogP contribution >= 0.6 is 0 Å². The molecule has 1 aromatic carbocycles. The highest BCUT2D eigenvalue weighted by atomic mass is 16.2. The summed E-state index contributed by atoms with van der Waals surface area (Å²) < 4.78 is 0. The molecule has 0 aliphatic carbocycles. The molecule has 1 fully saturated rings. The van der Waals surface area contributed by atoms with Gasteiger partial charge in [0, 0.05) is 13.2 Å². The number of hydrogen-bond donors (Lipinski definition) is 2. The molecule has 2 nitrogen and oxygen atoms in total. The average molecular weight is 191 g/mol. The zero-order valence-electron chi connectivity index (χ0n) is 8.37. The van der Waals surface area contributed by atoms with Gasteiger partial charge in [-0.2, -0.15) is 0 Å². The summed E-state index contributed by atoms with van der Waals surface area (Å²) in [6.45, 7) is 2.48. The normalized spacial score (nSPS) is 21.4. The Labute approximate surface area is 85.0 Å². The molecule has 1 atom stereocenters. The first-order valence-corrected chi connectivity index (χ1v) is 5.30. The van der Waals surface area contributed by atoms with Gasteiger partial charge in [0.2, 0.25) is 0 Å². The molecular weight excluding hydrogens is 174 g/mol. The molecule has 1 heterocycles. The summed E-state index contributed by atoms with van der Waals surface area (Å²) in [5, 5.41) is 12.2. The Morgan fingerprint density at radius 1 is 1.43 bits per heavy atom. The summed E-state index contributed by atoms with van der Waals surface area (Å²) >= 11 is 0. The fourth-order valence-corrected chi connectivity index (χ4v) is 2.07. The van der Waals surface area contributed by atoms with E-state index in [1.54, 1.807) is 0 Å². The van der Waals surface area contributed by atoms with E-state index in [9.17, 15) is 0 Å². The highest BCUT2D eigenvalue weighted by Crippen LogP contribution is 2.22. The summed E-state index contributed by atoms with van der Waals surface area (Å²) in [5.74, 6) is 0.675. The van der Waals surface area contributed by atoms with Crippen LogP contribution in [0.3, 0.4) is 0 Å². The van der Waals surface area contributed by atoms with Gasteiger partial charge in [0.05, 0.1) is 0 Å². The summed E-state index contributed by atoms with van der Waals surface area (Å²) in [6, 6.07) is 8.60. The van der Waals surface area contributed by atoms with Gasteiger partial charge >= 0.3 is 0 Å². The summed E-state index contributed by atoms with van der Waals surface area (Å²) in [4.78, 5) is 0. The van der Waals surface area contributed by atoms with Gasteiger partial charge in [0.15, 0.2) is 0 Å². The second-order valence-corrected chi connectivity index (χ2v) is 3.91. The molecule has 1 aromatic rings. The molecule has 0 aromatic heterocycles. The molecule has 1 unspecified atom stereocenters. The molecule has 0 radical (unpaired) electrons. The van der Waals surface area contributed by atoms with Gasteiger partial charge in [-0.05, 0) is 36.4 Å². The van der Waals surface area contributed by atoms with Crippen LogP contribution < -0.4 is 5.32 Å². The zero-order chi connectivity index (χ0) is 9.80. The van der Waals surface area contributed by atoms with Crippen molar-refractivity contribution in [3.8, 4) is 0 Å². The molecule has 2 rings (SSSR count). The van der Waals surface area contributed by atoms with Crippen LogP contribution in [-0.4, -0.2) is 24.8 Å². The quantitative estimate of drug-likeness (QED) is 0.754. The third-order valence-corrected chi connectivity index (χ3v) is 2.88. The van der Waals surface area contributed by atoms with E-state index in [-0.39, 0.29) is 6.61 Å². The van der Waals surface area contributed by atoms with E-state index in [0.29, 0.717) is 5.92 Å². The molecule has 1 aliphatic heterocycles. The van der Waals surface area contributed by atoms with Crippen LogP contribution in [0.1, 0.15) is 23.5 Å². The van der Waals surface area contributed by atoms with Crippen molar-refractivity contribution >= 4 is 0 Å². The van der Waals surface area contributed by atoms with Crippen molar-refractivity contribution < 1.29 is 5.11 Å². The van der Waals surface area contributed by atoms with Gasteiger partial charge in [-0.3, -0.25) is 0 Å². The first-order valence-electron chi connectivity index (χ1n) is 5.30. The zero-order valence-corrected chi connectivity index (χ0v) is 8.37. The van der Waals surface area contributed by atoms with E-state index in [0.717, 1.165) is 19.5 Å². The number of hydrogen-bond acceptors (Lipinski definition) is 2. The minimum Gasteiger partial charge on any atom is -0.396 e. The molecule has 0 bridgehead atoms. The number of nitrogens with one attached hydrogen (secondary N) is 1. The molecule has 0 amide bonds. The van der Waals surface area contributed by atoms with Crippen molar-refractivity contribution in [1.82, 2.24) is 5.32 Å². The van der Waals surface area contributed by atoms with E-state index in [1.165, 1.54) is 17.5 Å². The van der Waals surface area contributed by atoms with Gasteiger partial charge < -0.3 is 10.4 Å². The molecule has 1 saturated heterocycles. The lowest BCUT2D eigenvalue weighted by atomic mass is 9.96. The molecule has 1 aliphatic rings. The first-order chi connectivity index (χ1) is 6.90. The van der Waals surface area contributed by atoms with Crippen molar-refractivity contribution in [3.63, 3.8) is 0 Å². The molecule has 2 heteroatoms. The second-order valence-electron chi connectivity index (χ2n) is 3.91. The van der Waals surface area contributed by atoms with Crippen LogP contribution in [0.2, 0.25) is 0 Å². The van der Waals surface area contributed by atoms with Crippen molar-refractivity contribution in [2.24, 2.45) is 0 Å². The molecule has 0 spiro atoms. The molecule has 0 saturated carbocycles. The predicted molar refractivity (Wildman–Crippen MR) is 57.5 cm³/mol. The largest absolute Gasteiger partial charge is 0.396 e. The Balaban J connectivity index is 2.12. The lowest BCUT2D eigenvalue weighted by Gasteiger charge is -2.10. The van der Waals surface area contributed by atoms with Crippen LogP contribution in [0, 0.1) is 0 Å². The fourth-order valence-electron chi connectivity index (χ4n) is 2.07. The average Bonchev–Trinajstić information content (AvgIpc) is 2.71. The lowest BCUT2D eigenvalue weighted by Crippen LogP contribution is -2.08. The van der Waals surface area contributed by atoms with Crippen molar-refractivity contribution in [1.29, 1.82) is 0 Å². The first kappa shape index (κ1) is 9.69. The van der Waals surface area contributed by atoms with E-state index >= 15 is 0 Å². The van der Waals surface area contributed by atoms with Gasteiger partial charge in [-0.15, -0.1) is 0 Å². The second kappa shape index (κ2) is 4.58. The summed E-state index contributed by atoms with van der Waals surface area (Å²) in [6.07, 6.45) is 2.01. The topological polar surface area (TPSA) is 32.3 Å². The maximum Gasteiger partial charge on any atom is 0.0471 e. The van der Waals surface area contributed by atoms with Crippen molar-refractivity contribution in [3.05, 3.63) is 35.4 Å². The van der Waals surface area contributed by atoms with Crippen LogP contribution in [0.15, 0.2) is 24.3 Å². The third-order valence-electron chi connectivity index (χ3n) is 2.88. The van der Waals surface area contributed by atoms with Gasteiger partial charge in [-0.25, -0.2) is 0 Å². The summed E-state index contributed by atoms with van der Waals surface area (Å²) in [5.41, 5.74) is 2.66. The Morgan fingerprint density at radius 2 is 2.36 bits per heavy atom. The number of aliphatic hydroxyl groups is 1. The Hall–Kier alpha value is -0.860. The molecule has 2 N–H and O–H groups in total. The summed E-state index contributed by atoms with van der Waals surface area (Å²) in [7, 11) is 0. The number of aliphatic hydroxyl groups excluding tert-OH is 1. The lowest BCUT2D eigenvalue weighted by molar-refractivity contribution is 0.299. The maximum absolute atomic E-state index is 8.86. The van der Waals surface area contributed by atoms with Crippen molar-refractivity contribution in [2.75, 3.05) is 19.7 Å². The molecular formula is C12H17NO. The minimum absolute atomic E-state index is 0.242. The highest BCUT2D eigenvalue weighted by molar-refractivity contribution is 5.27. The standard InChI is InChI=1S/C12H17NO/c14-7-5-10-2-1-3-11(8-10)12-4-6-13-9-12/h1-3,8,12-14H,4-7,9H2. The molecule has 76 valence electrons. The fraction of sp³-hybridized carbons (Fsp3) is 0.500. The smallest absolute Gasteiger partial charge is 0.0471 e. The van der Waals surface area contributed by atoms with Crippen LogP contribution in [0.25, 0.3) is 0 Å². The minimum atomic E-state index is 0.242. The van der Waals surface area contributed by atoms with E-state index in [1.807, 2.05) is 0 Å². The maximum atomic E-state index is 8.86. The predicted octanol–water partition coefficient (Wildman–Crippen LogP) is 1.30. The van der Waals surface area contributed by atoms with E-state index in [4.69, 9.17) is 5.11 Å². The number of benzene rings is 1. The van der Waals surface area contributed by atoms with Crippen LogP contribution in [-0.2, 0) is 6.42 Å². The van der Waals surface area contributed by atoms with Gasteiger partial charge in [0.1, 0.15) is 0 Å². The molecule has 14 heavy (non-hydrogen) atoms. The monoisotopic (exact) mass is 191 g/mol. The van der Waals surface area contributed by atoms with Crippen LogP contribution in [0.5, 0.6) is 0 Å². The Bertz CT molecular complexity index is 292.